The number of amides is 2. The Labute approximate surface area is 137 Å². The molecule has 0 atom stereocenters. The Morgan fingerprint density at radius 1 is 1.22 bits per heavy atom. The van der Waals surface area contributed by atoms with Crippen LogP contribution in [-0.4, -0.2) is 52.9 Å². The summed E-state index contributed by atoms with van der Waals surface area (Å²) in [5, 5.41) is 9.90. The van der Waals surface area contributed by atoms with Gasteiger partial charge in [-0.3, -0.25) is 9.59 Å². The molecule has 0 radical (unpaired) electrons. The van der Waals surface area contributed by atoms with Crippen molar-refractivity contribution >= 4 is 11.8 Å². The normalized spacial score (nSPS) is 15.5. The number of carbonyl (C=O) groups is 2. The van der Waals surface area contributed by atoms with E-state index >= 15 is 0 Å². The van der Waals surface area contributed by atoms with E-state index in [0.29, 0.717) is 31.5 Å². The lowest BCUT2D eigenvalue weighted by molar-refractivity contribution is -0.136. The number of aromatic hydroxyl groups is 1. The van der Waals surface area contributed by atoms with Crippen LogP contribution in [-0.2, 0) is 4.79 Å². The van der Waals surface area contributed by atoms with Gasteiger partial charge in [0.15, 0.2) is 0 Å². The lowest BCUT2D eigenvalue weighted by atomic mass is 9.94. The van der Waals surface area contributed by atoms with Gasteiger partial charge in [-0.15, -0.1) is 0 Å². The van der Waals surface area contributed by atoms with E-state index in [4.69, 9.17) is 0 Å². The van der Waals surface area contributed by atoms with Crippen LogP contribution in [0.4, 0.5) is 0 Å². The lowest BCUT2D eigenvalue weighted by Crippen LogP contribution is -2.44. The Morgan fingerprint density at radius 2 is 1.83 bits per heavy atom. The number of hydrogen-bond donors (Lipinski definition) is 1. The first-order valence-electron chi connectivity index (χ1n) is 8.35. The van der Waals surface area contributed by atoms with Crippen molar-refractivity contribution < 1.29 is 14.7 Å². The molecular weight excluding hydrogens is 292 g/mol. The number of phenolic OH excluding ortho intramolecular Hbond substituents is 1. The topological polar surface area (TPSA) is 60.9 Å². The third-order valence-corrected chi connectivity index (χ3v) is 4.59. The molecule has 0 saturated carbocycles. The Bertz CT molecular complexity index is 574. The molecule has 0 bridgehead atoms. The standard InChI is InChI=1S/C18H26N2O3/c1-4-19(5-2)17(22)14-8-10-20(11-9-14)18(23)15-12-13(3)6-7-16(15)21/h6-7,12,14,21H,4-5,8-11H2,1-3H3. The molecule has 0 unspecified atom stereocenters. The first-order valence-corrected chi connectivity index (χ1v) is 8.35. The number of carbonyl (C=O) groups excluding carboxylic acids is 2. The van der Waals surface area contributed by atoms with E-state index in [1.165, 1.54) is 0 Å². The van der Waals surface area contributed by atoms with Crippen LogP contribution < -0.4 is 0 Å². The van der Waals surface area contributed by atoms with Gasteiger partial charge >= 0.3 is 0 Å². The fourth-order valence-corrected chi connectivity index (χ4v) is 3.11. The van der Waals surface area contributed by atoms with Crippen LogP contribution in [0, 0.1) is 12.8 Å². The molecule has 23 heavy (non-hydrogen) atoms. The largest absolute Gasteiger partial charge is 0.507 e. The second-order valence-electron chi connectivity index (χ2n) is 6.10. The van der Waals surface area contributed by atoms with E-state index in [1.54, 1.807) is 23.1 Å². The van der Waals surface area contributed by atoms with Gasteiger partial charge < -0.3 is 14.9 Å². The SMILES string of the molecule is CCN(CC)C(=O)C1CCN(C(=O)c2cc(C)ccc2O)CC1. The smallest absolute Gasteiger partial charge is 0.257 e. The zero-order valence-electron chi connectivity index (χ0n) is 14.2. The molecule has 0 aromatic heterocycles. The first-order chi connectivity index (χ1) is 11.0. The summed E-state index contributed by atoms with van der Waals surface area (Å²) in [6.45, 7) is 8.44. The van der Waals surface area contributed by atoms with Crippen LogP contribution in [0.2, 0.25) is 0 Å². The van der Waals surface area contributed by atoms with E-state index in [1.807, 2.05) is 25.7 Å². The van der Waals surface area contributed by atoms with Gasteiger partial charge in [0.2, 0.25) is 5.91 Å². The quantitative estimate of drug-likeness (QED) is 0.927. The third kappa shape index (κ3) is 3.84. The predicted molar refractivity (Wildman–Crippen MR) is 89.4 cm³/mol. The van der Waals surface area contributed by atoms with E-state index in [9.17, 15) is 14.7 Å². The number of benzene rings is 1. The van der Waals surface area contributed by atoms with Crippen molar-refractivity contribution in [1.29, 1.82) is 0 Å². The van der Waals surface area contributed by atoms with Crippen molar-refractivity contribution in [3.05, 3.63) is 29.3 Å². The minimum Gasteiger partial charge on any atom is -0.507 e. The van der Waals surface area contributed by atoms with Gasteiger partial charge in [0.1, 0.15) is 5.75 Å². The molecule has 1 N–H and O–H groups in total. The molecule has 0 aliphatic carbocycles. The summed E-state index contributed by atoms with van der Waals surface area (Å²) in [5.74, 6) is 0.0624. The van der Waals surface area contributed by atoms with Crippen LogP contribution in [0.5, 0.6) is 5.75 Å². The Balaban J connectivity index is 2.00. The Kier molecular flexibility index (Phi) is 5.64. The number of aryl methyl sites for hydroxylation is 1. The summed E-state index contributed by atoms with van der Waals surface area (Å²) in [5.41, 5.74) is 1.29. The van der Waals surface area contributed by atoms with Gasteiger partial charge in [-0.2, -0.15) is 0 Å². The van der Waals surface area contributed by atoms with Gasteiger partial charge in [0, 0.05) is 32.1 Å². The summed E-state index contributed by atoms with van der Waals surface area (Å²) in [4.78, 5) is 28.5. The molecule has 2 rings (SSSR count). The van der Waals surface area contributed by atoms with E-state index in [0.717, 1.165) is 18.7 Å². The van der Waals surface area contributed by atoms with Crippen LogP contribution in [0.1, 0.15) is 42.6 Å². The third-order valence-electron chi connectivity index (χ3n) is 4.59. The highest BCUT2D eigenvalue weighted by Crippen LogP contribution is 2.25. The summed E-state index contributed by atoms with van der Waals surface area (Å²) < 4.78 is 0. The van der Waals surface area contributed by atoms with Gasteiger partial charge in [-0.1, -0.05) is 11.6 Å². The molecule has 5 nitrogen and oxygen atoms in total. The van der Waals surface area contributed by atoms with Crippen LogP contribution in [0.25, 0.3) is 0 Å². The number of piperidine rings is 1. The first kappa shape index (κ1) is 17.3. The lowest BCUT2D eigenvalue weighted by Gasteiger charge is -2.34. The molecule has 1 aliphatic heterocycles. The Morgan fingerprint density at radius 3 is 2.39 bits per heavy atom. The number of nitrogens with zero attached hydrogens (tertiary/aromatic N) is 2. The molecule has 1 saturated heterocycles. The fraction of sp³-hybridized carbons (Fsp3) is 0.556. The molecule has 2 amide bonds. The van der Waals surface area contributed by atoms with Crippen molar-refractivity contribution in [1.82, 2.24) is 9.80 Å². The van der Waals surface area contributed by atoms with Gasteiger partial charge in [-0.05, 0) is 45.7 Å². The van der Waals surface area contributed by atoms with Crippen molar-refractivity contribution in [3.8, 4) is 5.75 Å². The maximum absolute atomic E-state index is 12.6. The maximum atomic E-state index is 12.6. The van der Waals surface area contributed by atoms with Crippen molar-refractivity contribution in [2.24, 2.45) is 5.92 Å². The number of likely N-dealkylation sites (tertiary alicyclic amines) is 1. The highest BCUT2D eigenvalue weighted by Gasteiger charge is 2.30. The number of hydrogen-bond acceptors (Lipinski definition) is 3. The molecule has 5 heteroatoms. The monoisotopic (exact) mass is 318 g/mol. The number of rotatable bonds is 4. The summed E-state index contributed by atoms with van der Waals surface area (Å²) in [6, 6.07) is 5.05. The zero-order valence-corrected chi connectivity index (χ0v) is 14.2. The Hall–Kier alpha value is -2.04. The van der Waals surface area contributed by atoms with Gasteiger partial charge in [0.05, 0.1) is 5.56 Å². The van der Waals surface area contributed by atoms with E-state index in [2.05, 4.69) is 0 Å². The van der Waals surface area contributed by atoms with Crippen LogP contribution in [0.15, 0.2) is 18.2 Å². The van der Waals surface area contributed by atoms with Crippen LogP contribution in [0.3, 0.4) is 0 Å². The van der Waals surface area contributed by atoms with E-state index < -0.39 is 0 Å². The van der Waals surface area contributed by atoms with Crippen molar-refractivity contribution in [2.45, 2.75) is 33.6 Å². The summed E-state index contributed by atoms with van der Waals surface area (Å²) in [7, 11) is 0. The molecule has 1 aromatic rings. The van der Waals surface area contributed by atoms with Crippen molar-refractivity contribution in [2.75, 3.05) is 26.2 Å². The molecule has 0 spiro atoms. The minimum atomic E-state index is -0.153. The molecule has 126 valence electrons. The van der Waals surface area contributed by atoms with Gasteiger partial charge in [0.25, 0.3) is 5.91 Å². The van der Waals surface area contributed by atoms with Gasteiger partial charge in [-0.25, -0.2) is 0 Å². The fourth-order valence-electron chi connectivity index (χ4n) is 3.11. The molecular formula is C18H26N2O3. The van der Waals surface area contributed by atoms with Crippen LogP contribution >= 0.6 is 0 Å². The molecule has 1 heterocycles. The number of phenols is 1. The highest BCUT2D eigenvalue weighted by molar-refractivity contribution is 5.97. The second-order valence-corrected chi connectivity index (χ2v) is 6.10. The molecule has 1 fully saturated rings. The summed E-state index contributed by atoms with van der Waals surface area (Å²) in [6.07, 6.45) is 1.38. The van der Waals surface area contributed by atoms with E-state index in [-0.39, 0.29) is 23.5 Å². The molecule has 1 aromatic carbocycles. The highest BCUT2D eigenvalue weighted by atomic mass is 16.3. The maximum Gasteiger partial charge on any atom is 0.257 e. The van der Waals surface area contributed by atoms with Crippen molar-refractivity contribution in [3.63, 3.8) is 0 Å². The average molecular weight is 318 g/mol. The zero-order chi connectivity index (χ0) is 17.0. The average Bonchev–Trinajstić information content (AvgIpc) is 2.57. The summed E-state index contributed by atoms with van der Waals surface area (Å²) >= 11 is 0. The minimum absolute atomic E-state index is 0.00468. The second kappa shape index (κ2) is 7.49. The molecule has 1 aliphatic rings. The predicted octanol–water partition coefficient (Wildman–Crippen LogP) is 2.42.